The second-order valence-electron chi connectivity index (χ2n) is 4.82. The monoisotopic (exact) mass is 310 g/mol. The van der Waals surface area contributed by atoms with Crippen LogP contribution in [0, 0.1) is 0 Å². The maximum Gasteiger partial charge on any atom is 0.296 e. The highest BCUT2D eigenvalue weighted by Crippen LogP contribution is 2.23. The van der Waals surface area contributed by atoms with E-state index in [1.54, 1.807) is 0 Å². The van der Waals surface area contributed by atoms with Crippen molar-refractivity contribution < 1.29 is 19.3 Å². The van der Waals surface area contributed by atoms with Crippen molar-refractivity contribution in [1.29, 1.82) is 0 Å². The highest BCUT2D eigenvalue weighted by Gasteiger charge is 2.12. The molecule has 3 aromatic rings. The zero-order valence-electron chi connectivity index (χ0n) is 12.1. The lowest BCUT2D eigenvalue weighted by Gasteiger charge is -2.06. The van der Waals surface area contributed by atoms with Gasteiger partial charge in [0.2, 0.25) is 0 Å². The van der Waals surface area contributed by atoms with E-state index in [-0.39, 0.29) is 5.69 Å². The van der Waals surface area contributed by atoms with Gasteiger partial charge < -0.3 is 9.26 Å². The van der Waals surface area contributed by atoms with Gasteiger partial charge in [0.25, 0.3) is 5.91 Å². The number of nitrogens with one attached hydrogen (secondary N) is 1. The summed E-state index contributed by atoms with van der Waals surface area (Å²) in [6.07, 6.45) is 0. The number of aromatic nitrogens is 1. The summed E-state index contributed by atoms with van der Waals surface area (Å²) in [5.74, 6) is 0.437. The first kappa shape index (κ1) is 14.8. The Hall–Kier alpha value is -3.12. The van der Waals surface area contributed by atoms with Gasteiger partial charge in [0, 0.05) is 11.6 Å². The molecule has 0 aliphatic carbocycles. The third-order valence-electron chi connectivity index (χ3n) is 3.23. The molecule has 0 saturated carbocycles. The van der Waals surface area contributed by atoms with E-state index in [9.17, 15) is 4.79 Å². The van der Waals surface area contributed by atoms with Crippen LogP contribution in [-0.4, -0.2) is 16.3 Å². The maximum absolute atomic E-state index is 11.2. The molecule has 0 aliphatic heterocycles. The molecule has 0 bridgehead atoms. The molecule has 1 amide bonds. The first-order valence-corrected chi connectivity index (χ1v) is 6.94. The quantitative estimate of drug-likeness (QED) is 0.559. The summed E-state index contributed by atoms with van der Waals surface area (Å²) in [6, 6.07) is 18.6. The molecule has 0 fully saturated rings. The van der Waals surface area contributed by atoms with Crippen molar-refractivity contribution in [3.8, 4) is 17.1 Å². The van der Waals surface area contributed by atoms with Crippen LogP contribution in [0.25, 0.3) is 11.3 Å². The van der Waals surface area contributed by atoms with Crippen LogP contribution in [0.3, 0.4) is 0 Å². The average Bonchev–Trinajstić information content (AvgIpc) is 3.11. The predicted molar refractivity (Wildman–Crippen MR) is 82.0 cm³/mol. The topological polar surface area (TPSA) is 84.6 Å². The number of benzene rings is 2. The zero-order valence-corrected chi connectivity index (χ0v) is 12.1. The summed E-state index contributed by atoms with van der Waals surface area (Å²) < 4.78 is 10.8. The number of hydrogen-bond donors (Lipinski definition) is 2. The molecule has 3 rings (SSSR count). The van der Waals surface area contributed by atoms with Crippen molar-refractivity contribution in [2.45, 2.75) is 6.61 Å². The third kappa shape index (κ3) is 3.56. The van der Waals surface area contributed by atoms with Crippen molar-refractivity contribution in [1.82, 2.24) is 10.6 Å². The summed E-state index contributed by atoms with van der Waals surface area (Å²) in [7, 11) is 0. The number of carbonyl (C=O) groups excluding carboxylic acids is 1. The minimum atomic E-state index is -0.720. The molecule has 0 aliphatic rings. The Balaban J connectivity index is 1.67. The number of hydrogen-bond acceptors (Lipinski definition) is 5. The standard InChI is InChI=1S/C17H14N2O4/c20-17(18-21)15-10-16(23-19-15)13-6-8-14(9-7-13)22-11-12-4-2-1-3-5-12/h1-10,21H,11H2,(H,18,20). The first-order valence-electron chi connectivity index (χ1n) is 6.94. The number of carbonyl (C=O) groups is 1. The van der Waals surface area contributed by atoms with E-state index in [0.717, 1.165) is 16.9 Å². The van der Waals surface area contributed by atoms with Crippen LogP contribution in [0.1, 0.15) is 16.1 Å². The van der Waals surface area contributed by atoms with Gasteiger partial charge in [-0.2, -0.15) is 0 Å². The molecule has 1 aromatic heterocycles. The van der Waals surface area contributed by atoms with E-state index >= 15 is 0 Å². The minimum Gasteiger partial charge on any atom is -0.489 e. The smallest absolute Gasteiger partial charge is 0.296 e. The Morgan fingerprint density at radius 3 is 2.57 bits per heavy atom. The zero-order chi connectivity index (χ0) is 16.1. The normalized spacial score (nSPS) is 10.3. The van der Waals surface area contributed by atoms with Gasteiger partial charge in [-0.15, -0.1) is 0 Å². The summed E-state index contributed by atoms with van der Waals surface area (Å²) in [4.78, 5) is 11.2. The molecule has 0 atom stereocenters. The average molecular weight is 310 g/mol. The van der Waals surface area contributed by atoms with Gasteiger partial charge in [-0.1, -0.05) is 35.5 Å². The van der Waals surface area contributed by atoms with Crippen LogP contribution in [0.2, 0.25) is 0 Å². The molecular formula is C17H14N2O4. The van der Waals surface area contributed by atoms with Gasteiger partial charge in [0.05, 0.1) is 0 Å². The summed E-state index contributed by atoms with van der Waals surface area (Å²) in [6.45, 7) is 0.489. The van der Waals surface area contributed by atoms with Crippen molar-refractivity contribution in [3.63, 3.8) is 0 Å². The van der Waals surface area contributed by atoms with Gasteiger partial charge in [0.15, 0.2) is 11.5 Å². The van der Waals surface area contributed by atoms with Crippen molar-refractivity contribution in [2.24, 2.45) is 0 Å². The molecule has 116 valence electrons. The number of ether oxygens (including phenoxy) is 1. The van der Waals surface area contributed by atoms with E-state index in [1.807, 2.05) is 54.6 Å². The molecule has 6 nitrogen and oxygen atoms in total. The van der Waals surface area contributed by atoms with E-state index in [2.05, 4.69) is 5.16 Å². The van der Waals surface area contributed by atoms with Crippen LogP contribution in [0.4, 0.5) is 0 Å². The highest BCUT2D eigenvalue weighted by atomic mass is 16.5. The summed E-state index contributed by atoms with van der Waals surface area (Å²) >= 11 is 0. The second kappa shape index (κ2) is 6.76. The molecule has 6 heteroatoms. The number of rotatable bonds is 5. The minimum absolute atomic E-state index is 0.00639. The fourth-order valence-corrected chi connectivity index (χ4v) is 2.03. The SMILES string of the molecule is O=C(NO)c1cc(-c2ccc(OCc3ccccc3)cc2)on1. The molecule has 23 heavy (non-hydrogen) atoms. The van der Waals surface area contributed by atoms with E-state index in [1.165, 1.54) is 11.5 Å². The summed E-state index contributed by atoms with van der Waals surface area (Å²) in [5, 5.41) is 12.1. The van der Waals surface area contributed by atoms with E-state index in [4.69, 9.17) is 14.5 Å². The first-order chi connectivity index (χ1) is 11.3. The molecule has 0 spiro atoms. The molecule has 0 radical (unpaired) electrons. The van der Waals surface area contributed by atoms with Crippen molar-refractivity contribution >= 4 is 5.91 Å². The van der Waals surface area contributed by atoms with Crippen LogP contribution >= 0.6 is 0 Å². The molecular weight excluding hydrogens is 296 g/mol. The number of amides is 1. The van der Waals surface area contributed by atoms with Crippen LogP contribution in [0.15, 0.2) is 65.2 Å². The maximum atomic E-state index is 11.2. The van der Waals surface area contributed by atoms with Gasteiger partial charge in [-0.25, -0.2) is 5.48 Å². The lowest BCUT2D eigenvalue weighted by molar-refractivity contribution is 0.0696. The molecule has 0 unspecified atom stereocenters. The highest BCUT2D eigenvalue weighted by molar-refractivity contribution is 5.92. The van der Waals surface area contributed by atoms with Crippen LogP contribution < -0.4 is 10.2 Å². The lowest BCUT2D eigenvalue weighted by Crippen LogP contribution is -2.18. The Bertz CT molecular complexity index is 782. The number of nitrogens with zero attached hydrogens (tertiary/aromatic N) is 1. The Kier molecular flexibility index (Phi) is 4.35. The second-order valence-corrected chi connectivity index (χ2v) is 4.82. The Morgan fingerprint density at radius 2 is 1.87 bits per heavy atom. The van der Waals surface area contributed by atoms with Crippen LogP contribution in [-0.2, 0) is 6.61 Å². The van der Waals surface area contributed by atoms with Gasteiger partial charge >= 0.3 is 0 Å². The van der Waals surface area contributed by atoms with E-state index < -0.39 is 5.91 Å². The van der Waals surface area contributed by atoms with Gasteiger partial charge in [0.1, 0.15) is 12.4 Å². The Labute approximate surface area is 132 Å². The van der Waals surface area contributed by atoms with Gasteiger partial charge in [-0.3, -0.25) is 10.0 Å². The molecule has 0 saturated heterocycles. The predicted octanol–water partition coefficient (Wildman–Crippen LogP) is 3.04. The fraction of sp³-hybridized carbons (Fsp3) is 0.0588. The van der Waals surface area contributed by atoms with E-state index in [0.29, 0.717) is 12.4 Å². The molecule has 2 aromatic carbocycles. The largest absolute Gasteiger partial charge is 0.489 e. The number of hydroxylamine groups is 1. The van der Waals surface area contributed by atoms with Gasteiger partial charge in [-0.05, 0) is 29.8 Å². The fourth-order valence-electron chi connectivity index (χ4n) is 2.03. The summed E-state index contributed by atoms with van der Waals surface area (Å²) in [5.41, 5.74) is 3.35. The third-order valence-corrected chi connectivity index (χ3v) is 3.23. The van der Waals surface area contributed by atoms with Crippen molar-refractivity contribution in [3.05, 3.63) is 71.9 Å². The molecule has 1 heterocycles. The lowest BCUT2D eigenvalue weighted by atomic mass is 10.1. The Morgan fingerprint density at radius 1 is 1.13 bits per heavy atom. The molecule has 2 N–H and O–H groups in total. The van der Waals surface area contributed by atoms with Crippen LogP contribution in [0.5, 0.6) is 5.75 Å². The van der Waals surface area contributed by atoms with Crippen molar-refractivity contribution in [2.75, 3.05) is 0 Å².